The fourth-order valence-electron chi connectivity index (χ4n) is 5.96. The van der Waals surface area contributed by atoms with Crippen molar-refractivity contribution in [1.29, 1.82) is 0 Å². The second-order valence-electron chi connectivity index (χ2n) is 8.68. The molecular weight excluding hydrogens is 398 g/mol. The second-order valence-corrected chi connectivity index (χ2v) is 11.0. The van der Waals surface area contributed by atoms with Gasteiger partial charge < -0.3 is 9.47 Å². The zero-order valence-electron chi connectivity index (χ0n) is 17.4. The minimum Gasteiger partial charge on any atom is -0.346 e. The fourth-order valence-corrected chi connectivity index (χ4v) is 8.31. The van der Waals surface area contributed by atoms with Crippen LogP contribution in [0.5, 0.6) is 0 Å². The highest BCUT2D eigenvalue weighted by Crippen LogP contribution is 2.55. The molecule has 0 aromatic heterocycles. The topological polar surface area (TPSA) is 55.8 Å². The van der Waals surface area contributed by atoms with E-state index in [1.165, 1.54) is 5.56 Å². The van der Waals surface area contributed by atoms with Crippen molar-refractivity contribution in [2.24, 2.45) is 0 Å². The third-order valence-corrected chi connectivity index (χ3v) is 10.1. The first-order chi connectivity index (χ1) is 14.5. The van der Waals surface area contributed by atoms with Crippen LogP contribution >= 0.6 is 0 Å². The minimum atomic E-state index is -3.53. The van der Waals surface area contributed by atoms with Crippen molar-refractivity contribution in [1.82, 2.24) is 4.90 Å². The number of fused-ring (bicyclic) bond motifs is 3. The molecule has 3 fully saturated rings. The Kier molecular flexibility index (Phi) is 5.01. The molecule has 3 aliphatic rings. The number of piperidine rings is 1. The lowest BCUT2D eigenvalue weighted by molar-refractivity contribution is -0.220. The Morgan fingerprint density at radius 2 is 1.60 bits per heavy atom. The average Bonchev–Trinajstić information content (AvgIpc) is 3.33. The Hall–Kier alpha value is -1.73. The molecule has 2 aromatic rings. The van der Waals surface area contributed by atoms with Crippen LogP contribution in [0.2, 0.25) is 0 Å². The highest BCUT2D eigenvalue weighted by molar-refractivity contribution is 7.93. The Labute approximate surface area is 178 Å². The van der Waals surface area contributed by atoms with Crippen LogP contribution in [0.4, 0.5) is 0 Å². The van der Waals surface area contributed by atoms with Crippen molar-refractivity contribution in [3.05, 3.63) is 66.2 Å². The predicted octanol–water partition coefficient (Wildman–Crippen LogP) is 3.79. The van der Waals surface area contributed by atoms with Crippen LogP contribution in [0.15, 0.2) is 65.6 Å². The minimum absolute atomic E-state index is 0.0589. The van der Waals surface area contributed by atoms with Crippen LogP contribution < -0.4 is 0 Å². The van der Waals surface area contributed by atoms with E-state index in [0.717, 1.165) is 12.8 Å². The molecule has 2 aromatic carbocycles. The Balaban J connectivity index is 1.60. The van der Waals surface area contributed by atoms with Gasteiger partial charge in [0.05, 0.1) is 28.9 Å². The van der Waals surface area contributed by atoms with E-state index in [-0.39, 0.29) is 12.1 Å². The van der Waals surface area contributed by atoms with E-state index in [9.17, 15) is 8.42 Å². The largest absolute Gasteiger partial charge is 0.346 e. The third kappa shape index (κ3) is 2.88. The summed E-state index contributed by atoms with van der Waals surface area (Å²) < 4.78 is 39.6. The Bertz CT molecular complexity index is 988. The quantitative estimate of drug-likeness (QED) is 0.727. The monoisotopic (exact) mass is 427 g/mol. The summed E-state index contributed by atoms with van der Waals surface area (Å²) >= 11 is 0. The Morgan fingerprint density at radius 3 is 2.23 bits per heavy atom. The maximum absolute atomic E-state index is 14.0. The van der Waals surface area contributed by atoms with Crippen LogP contribution in [-0.2, 0) is 25.9 Å². The lowest BCUT2D eigenvalue weighted by Gasteiger charge is -2.46. The Morgan fingerprint density at radius 1 is 0.967 bits per heavy atom. The summed E-state index contributed by atoms with van der Waals surface area (Å²) in [6.07, 6.45) is 2.62. The highest BCUT2D eigenvalue weighted by Gasteiger charge is 2.67. The van der Waals surface area contributed by atoms with Gasteiger partial charge in [0, 0.05) is 19.0 Å². The number of sulfone groups is 1. The molecule has 3 aliphatic heterocycles. The first-order valence-corrected chi connectivity index (χ1v) is 12.4. The molecule has 1 spiro atoms. The van der Waals surface area contributed by atoms with Gasteiger partial charge in [0.25, 0.3) is 0 Å². The van der Waals surface area contributed by atoms with Gasteiger partial charge in [-0.2, -0.15) is 0 Å². The molecule has 0 N–H and O–H groups in total. The van der Waals surface area contributed by atoms with Gasteiger partial charge in [-0.1, -0.05) is 55.5 Å². The number of benzene rings is 2. The lowest BCUT2D eigenvalue weighted by atomic mass is 9.92. The lowest BCUT2D eigenvalue weighted by Crippen LogP contribution is -2.57. The SMILES string of the molecule is CCC1(S(=O)(=O)c2ccccc2)C[C@H]2N(Cc3ccccc3)[C@@H]1CCC21OCCO1. The van der Waals surface area contributed by atoms with Crippen LogP contribution in [0.1, 0.15) is 38.2 Å². The predicted molar refractivity (Wildman–Crippen MR) is 115 cm³/mol. The van der Waals surface area contributed by atoms with E-state index < -0.39 is 20.4 Å². The van der Waals surface area contributed by atoms with E-state index in [1.54, 1.807) is 12.1 Å². The van der Waals surface area contributed by atoms with E-state index in [0.29, 0.717) is 37.5 Å². The van der Waals surface area contributed by atoms with E-state index in [2.05, 4.69) is 17.0 Å². The van der Waals surface area contributed by atoms with Crippen molar-refractivity contribution in [2.75, 3.05) is 13.2 Å². The molecule has 30 heavy (non-hydrogen) atoms. The third-order valence-electron chi connectivity index (χ3n) is 7.39. The van der Waals surface area contributed by atoms with Gasteiger partial charge in [-0.15, -0.1) is 0 Å². The summed E-state index contributed by atoms with van der Waals surface area (Å²) in [6.45, 7) is 3.87. The molecule has 3 saturated heterocycles. The summed E-state index contributed by atoms with van der Waals surface area (Å²) in [5.41, 5.74) is 1.19. The maximum atomic E-state index is 14.0. The molecule has 3 atom stereocenters. The van der Waals surface area contributed by atoms with Crippen molar-refractivity contribution < 1.29 is 17.9 Å². The van der Waals surface area contributed by atoms with Gasteiger partial charge in [0.2, 0.25) is 0 Å². The number of hydrogen-bond acceptors (Lipinski definition) is 5. The molecule has 160 valence electrons. The van der Waals surface area contributed by atoms with Gasteiger partial charge in [-0.25, -0.2) is 8.42 Å². The van der Waals surface area contributed by atoms with E-state index in [1.807, 2.05) is 43.3 Å². The number of nitrogens with zero attached hydrogens (tertiary/aromatic N) is 1. The van der Waals surface area contributed by atoms with Crippen LogP contribution in [0, 0.1) is 0 Å². The second kappa shape index (κ2) is 7.45. The van der Waals surface area contributed by atoms with Crippen molar-refractivity contribution >= 4 is 9.84 Å². The summed E-state index contributed by atoms with van der Waals surface area (Å²) in [6, 6.07) is 19.1. The molecule has 0 amide bonds. The smallest absolute Gasteiger partial charge is 0.185 e. The molecule has 0 radical (unpaired) electrons. The van der Waals surface area contributed by atoms with Crippen LogP contribution in [0.3, 0.4) is 0 Å². The van der Waals surface area contributed by atoms with Gasteiger partial charge in [-0.05, 0) is 37.0 Å². The molecule has 3 heterocycles. The normalized spacial score (nSPS) is 30.7. The molecule has 0 aliphatic carbocycles. The maximum Gasteiger partial charge on any atom is 0.185 e. The first-order valence-electron chi connectivity index (χ1n) is 10.9. The average molecular weight is 428 g/mol. The first kappa shape index (κ1) is 20.2. The number of hydrogen-bond donors (Lipinski definition) is 0. The van der Waals surface area contributed by atoms with Gasteiger partial charge in [-0.3, -0.25) is 4.90 Å². The zero-order valence-corrected chi connectivity index (χ0v) is 18.2. The molecule has 5 nitrogen and oxygen atoms in total. The standard InChI is InChI=1S/C24H29NO4S/c1-2-23(30(26,27)20-11-7-4-8-12-20)17-22-24(28-15-16-29-24)14-13-21(23)25(22)18-19-9-5-3-6-10-19/h3-12,21-22H,2,13-18H2,1H3/t21-,22-,23?/m1/s1. The summed E-state index contributed by atoms with van der Waals surface area (Å²) in [5, 5.41) is 0. The number of ether oxygens (including phenoxy) is 2. The summed E-state index contributed by atoms with van der Waals surface area (Å²) in [7, 11) is -3.53. The van der Waals surface area contributed by atoms with Crippen LogP contribution in [0.25, 0.3) is 0 Å². The molecule has 6 heteroatoms. The molecule has 2 bridgehead atoms. The molecule has 5 rings (SSSR count). The van der Waals surface area contributed by atoms with Gasteiger partial charge in [0.1, 0.15) is 0 Å². The van der Waals surface area contributed by atoms with Crippen LogP contribution in [-0.4, -0.2) is 49.1 Å². The zero-order chi connectivity index (χ0) is 20.8. The summed E-state index contributed by atoms with van der Waals surface area (Å²) in [5.74, 6) is -0.686. The molecular formula is C24H29NO4S. The van der Waals surface area contributed by atoms with Crippen molar-refractivity contribution in [3.8, 4) is 0 Å². The van der Waals surface area contributed by atoms with Gasteiger partial charge in [0.15, 0.2) is 15.6 Å². The van der Waals surface area contributed by atoms with Crippen molar-refractivity contribution in [2.45, 2.75) is 66.7 Å². The summed E-state index contributed by atoms with van der Waals surface area (Å²) in [4.78, 5) is 2.79. The number of rotatable bonds is 5. The highest BCUT2D eigenvalue weighted by atomic mass is 32.2. The molecule has 0 saturated carbocycles. The van der Waals surface area contributed by atoms with E-state index >= 15 is 0 Å². The van der Waals surface area contributed by atoms with E-state index in [4.69, 9.17) is 9.47 Å². The van der Waals surface area contributed by atoms with Crippen molar-refractivity contribution in [3.63, 3.8) is 0 Å². The fraction of sp³-hybridized carbons (Fsp3) is 0.500. The van der Waals surface area contributed by atoms with Gasteiger partial charge >= 0.3 is 0 Å². The molecule has 1 unspecified atom stereocenters.